The van der Waals surface area contributed by atoms with Crippen LogP contribution in [0.4, 0.5) is 0 Å². The van der Waals surface area contributed by atoms with Gasteiger partial charge in [-0.2, -0.15) is 0 Å². The molecule has 2 unspecified atom stereocenters. The first-order chi connectivity index (χ1) is 12.6. The molecule has 1 aliphatic rings. The smallest absolute Gasteiger partial charge is 0.342 e. The molecule has 26 heavy (non-hydrogen) atoms. The van der Waals surface area contributed by atoms with Gasteiger partial charge >= 0.3 is 11.9 Å². The van der Waals surface area contributed by atoms with Crippen molar-refractivity contribution in [1.82, 2.24) is 0 Å². The van der Waals surface area contributed by atoms with Crippen LogP contribution < -0.4 is 0 Å². The molecule has 6 heteroatoms. The second-order valence-corrected chi connectivity index (χ2v) is 6.21. The maximum atomic E-state index is 12.3. The van der Waals surface area contributed by atoms with Crippen molar-refractivity contribution in [2.24, 2.45) is 0 Å². The number of hydrogen-bond acceptors (Lipinski definition) is 6. The molecule has 1 aliphatic carbocycles. The van der Waals surface area contributed by atoms with Gasteiger partial charge in [0.15, 0.2) is 0 Å². The van der Waals surface area contributed by atoms with Gasteiger partial charge in [0.2, 0.25) is 0 Å². The van der Waals surface area contributed by atoms with E-state index in [0.717, 1.165) is 12.8 Å². The monoisotopic (exact) mass is 356 g/mol. The molecule has 0 amide bonds. The second-order valence-electron chi connectivity index (χ2n) is 6.21. The van der Waals surface area contributed by atoms with E-state index < -0.39 is 24.1 Å². The Morgan fingerprint density at radius 2 is 1.12 bits per heavy atom. The molecule has 1 fully saturated rings. The van der Waals surface area contributed by atoms with Gasteiger partial charge in [-0.3, -0.25) is 0 Å². The van der Waals surface area contributed by atoms with Crippen LogP contribution in [0.15, 0.2) is 48.5 Å². The van der Waals surface area contributed by atoms with Gasteiger partial charge in [-0.05, 0) is 49.9 Å². The number of aromatic hydroxyl groups is 2. The predicted molar refractivity (Wildman–Crippen MR) is 93.1 cm³/mol. The van der Waals surface area contributed by atoms with E-state index in [1.807, 2.05) is 0 Å². The van der Waals surface area contributed by atoms with Crippen molar-refractivity contribution in [3.05, 3.63) is 59.7 Å². The van der Waals surface area contributed by atoms with Crippen LogP contribution in [-0.2, 0) is 9.47 Å². The Balaban J connectivity index is 1.70. The number of phenolic OH excluding ortho intramolecular Hbond substituents is 2. The lowest BCUT2D eigenvalue weighted by Gasteiger charge is -2.30. The van der Waals surface area contributed by atoms with Crippen LogP contribution >= 0.6 is 0 Å². The lowest BCUT2D eigenvalue weighted by atomic mass is 9.94. The SMILES string of the molecule is O=C(OC1CCCCC1OC(=O)c1ccccc1O)c1ccccc1O. The molecule has 3 rings (SSSR count). The summed E-state index contributed by atoms with van der Waals surface area (Å²) in [6.07, 6.45) is 1.65. The fourth-order valence-electron chi connectivity index (χ4n) is 3.03. The van der Waals surface area contributed by atoms with Crippen molar-refractivity contribution in [3.8, 4) is 11.5 Å². The van der Waals surface area contributed by atoms with Gasteiger partial charge in [-0.1, -0.05) is 24.3 Å². The predicted octanol–water partition coefficient (Wildman–Crippen LogP) is 3.42. The van der Waals surface area contributed by atoms with Gasteiger partial charge in [0.1, 0.15) is 34.8 Å². The summed E-state index contributed by atoms with van der Waals surface area (Å²) in [5.74, 6) is -1.62. The van der Waals surface area contributed by atoms with Crippen LogP contribution in [0.5, 0.6) is 11.5 Å². The lowest BCUT2D eigenvalue weighted by Crippen LogP contribution is -2.37. The Morgan fingerprint density at radius 1 is 0.731 bits per heavy atom. The molecule has 6 nitrogen and oxygen atoms in total. The fraction of sp³-hybridized carbons (Fsp3) is 0.300. The minimum atomic E-state index is -0.654. The average molecular weight is 356 g/mol. The third-order valence-corrected chi connectivity index (χ3v) is 4.41. The Kier molecular flexibility index (Phi) is 5.41. The van der Waals surface area contributed by atoms with Crippen molar-refractivity contribution < 1.29 is 29.3 Å². The van der Waals surface area contributed by atoms with Gasteiger partial charge in [0, 0.05) is 0 Å². The first-order valence-corrected chi connectivity index (χ1v) is 8.54. The molecule has 0 radical (unpaired) electrons. The van der Waals surface area contributed by atoms with Crippen molar-refractivity contribution in [2.75, 3.05) is 0 Å². The summed E-state index contributed by atoms with van der Waals surface area (Å²) >= 11 is 0. The number of phenols is 2. The van der Waals surface area contributed by atoms with Crippen molar-refractivity contribution in [1.29, 1.82) is 0 Å². The zero-order valence-corrected chi connectivity index (χ0v) is 14.1. The van der Waals surface area contributed by atoms with E-state index in [1.165, 1.54) is 24.3 Å². The number of para-hydroxylation sites is 2. The number of hydrogen-bond donors (Lipinski definition) is 2. The highest BCUT2D eigenvalue weighted by molar-refractivity contribution is 5.93. The normalized spacial score (nSPS) is 19.5. The highest BCUT2D eigenvalue weighted by atomic mass is 16.6. The maximum Gasteiger partial charge on any atom is 0.342 e. The van der Waals surface area contributed by atoms with Crippen LogP contribution in [0, 0.1) is 0 Å². The molecule has 2 N–H and O–H groups in total. The molecule has 2 aromatic rings. The van der Waals surface area contributed by atoms with Crippen LogP contribution in [0.3, 0.4) is 0 Å². The number of carbonyl (C=O) groups excluding carboxylic acids is 2. The summed E-state index contributed by atoms with van der Waals surface area (Å²) in [6.45, 7) is 0. The first-order valence-electron chi connectivity index (χ1n) is 8.54. The quantitative estimate of drug-likeness (QED) is 0.816. The van der Waals surface area contributed by atoms with Gasteiger partial charge in [0.25, 0.3) is 0 Å². The Labute approximate surface area is 151 Å². The molecule has 1 saturated carbocycles. The first kappa shape index (κ1) is 17.8. The summed E-state index contributed by atoms with van der Waals surface area (Å²) in [5, 5.41) is 19.6. The van der Waals surface area contributed by atoms with E-state index in [9.17, 15) is 19.8 Å². The molecule has 0 saturated heterocycles. The summed E-state index contributed by atoms with van der Waals surface area (Å²) in [4.78, 5) is 24.7. The van der Waals surface area contributed by atoms with Crippen LogP contribution in [0.1, 0.15) is 46.4 Å². The van der Waals surface area contributed by atoms with E-state index >= 15 is 0 Å². The average Bonchev–Trinajstić information content (AvgIpc) is 2.64. The number of benzene rings is 2. The molecule has 0 heterocycles. The van der Waals surface area contributed by atoms with E-state index in [0.29, 0.717) is 12.8 Å². The summed E-state index contributed by atoms with van der Waals surface area (Å²) in [7, 11) is 0. The Bertz CT molecular complexity index is 733. The van der Waals surface area contributed by atoms with E-state index in [-0.39, 0.29) is 22.6 Å². The molecule has 0 aliphatic heterocycles. The second kappa shape index (κ2) is 7.91. The molecule has 0 bridgehead atoms. The minimum Gasteiger partial charge on any atom is -0.507 e. The number of ether oxygens (including phenoxy) is 2. The molecule has 0 aromatic heterocycles. The summed E-state index contributed by atoms with van der Waals surface area (Å²) in [6, 6.07) is 12.3. The fourth-order valence-corrected chi connectivity index (χ4v) is 3.03. The largest absolute Gasteiger partial charge is 0.507 e. The third kappa shape index (κ3) is 3.96. The third-order valence-electron chi connectivity index (χ3n) is 4.41. The van der Waals surface area contributed by atoms with Crippen molar-refractivity contribution in [3.63, 3.8) is 0 Å². The Morgan fingerprint density at radius 3 is 1.50 bits per heavy atom. The van der Waals surface area contributed by atoms with Gasteiger partial charge in [0.05, 0.1) is 0 Å². The van der Waals surface area contributed by atoms with Gasteiger partial charge in [-0.25, -0.2) is 9.59 Å². The molecule has 2 aromatic carbocycles. The zero-order chi connectivity index (χ0) is 18.5. The van der Waals surface area contributed by atoms with Crippen molar-refractivity contribution >= 4 is 11.9 Å². The molecular formula is C20H20O6. The summed E-state index contributed by atoms with van der Waals surface area (Å²) in [5.41, 5.74) is 0.146. The molecule has 136 valence electrons. The van der Waals surface area contributed by atoms with E-state index in [4.69, 9.17) is 9.47 Å². The maximum absolute atomic E-state index is 12.3. The van der Waals surface area contributed by atoms with Gasteiger partial charge in [-0.15, -0.1) is 0 Å². The Hall–Kier alpha value is -3.02. The molecule has 0 spiro atoms. The molecular weight excluding hydrogens is 336 g/mol. The minimum absolute atomic E-state index is 0.0730. The number of esters is 2. The standard InChI is InChI=1S/C20H20O6/c21-15-9-3-1-7-13(15)19(23)25-17-11-5-6-12-18(17)26-20(24)14-8-2-4-10-16(14)22/h1-4,7-10,17-18,21-22H,5-6,11-12H2. The molecule has 2 atom stereocenters. The van der Waals surface area contributed by atoms with Crippen LogP contribution in [-0.4, -0.2) is 34.4 Å². The van der Waals surface area contributed by atoms with Crippen LogP contribution in [0.2, 0.25) is 0 Å². The highest BCUT2D eigenvalue weighted by Crippen LogP contribution is 2.28. The van der Waals surface area contributed by atoms with Crippen molar-refractivity contribution in [2.45, 2.75) is 37.9 Å². The van der Waals surface area contributed by atoms with Gasteiger partial charge < -0.3 is 19.7 Å². The van der Waals surface area contributed by atoms with Crippen LogP contribution in [0.25, 0.3) is 0 Å². The lowest BCUT2D eigenvalue weighted by molar-refractivity contribution is -0.0516. The van der Waals surface area contributed by atoms with E-state index in [2.05, 4.69) is 0 Å². The topological polar surface area (TPSA) is 93.1 Å². The summed E-state index contributed by atoms with van der Waals surface area (Å²) < 4.78 is 11.0. The number of rotatable bonds is 4. The highest BCUT2D eigenvalue weighted by Gasteiger charge is 2.33. The zero-order valence-electron chi connectivity index (χ0n) is 14.1. The van der Waals surface area contributed by atoms with E-state index in [1.54, 1.807) is 24.3 Å². The number of carbonyl (C=O) groups is 2.